The summed E-state index contributed by atoms with van der Waals surface area (Å²) < 4.78 is 5.95. The average Bonchev–Trinajstić information content (AvgIpc) is 2.89. The fourth-order valence-electron chi connectivity index (χ4n) is 4.52. The van der Waals surface area contributed by atoms with E-state index in [4.69, 9.17) is 9.84 Å². The second kappa shape index (κ2) is 12.3. The summed E-state index contributed by atoms with van der Waals surface area (Å²) in [6.45, 7) is 7.26. The minimum Gasteiger partial charge on any atom is -0.508 e. The minimum atomic E-state index is -0.807. The number of carbonyl (C=O) groups is 1. The molecule has 4 rings (SSSR count). The third kappa shape index (κ3) is 7.12. The van der Waals surface area contributed by atoms with Crippen LogP contribution in [0.25, 0.3) is 0 Å². The zero-order chi connectivity index (χ0) is 25.3. The van der Waals surface area contributed by atoms with Crippen LogP contribution < -0.4 is 9.64 Å². The van der Waals surface area contributed by atoms with E-state index in [2.05, 4.69) is 34.1 Å². The topological polar surface area (TPSA) is 73.2 Å². The first-order valence-electron chi connectivity index (χ1n) is 12.4. The Bertz CT molecular complexity index is 1130. The second-order valence-electron chi connectivity index (χ2n) is 9.18. The summed E-state index contributed by atoms with van der Waals surface area (Å²) in [4.78, 5) is 16.0. The quantitative estimate of drug-likeness (QED) is 0.373. The zero-order valence-electron chi connectivity index (χ0n) is 20.7. The monoisotopic (exact) mass is 486 g/mol. The molecule has 1 atom stereocenters. The van der Waals surface area contributed by atoms with Crippen molar-refractivity contribution in [2.24, 2.45) is 0 Å². The maximum Gasteiger partial charge on any atom is 0.304 e. The molecule has 1 aliphatic rings. The van der Waals surface area contributed by atoms with Gasteiger partial charge in [0.2, 0.25) is 0 Å². The van der Waals surface area contributed by atoms with Crippen molar-refractivity contribution in [3.8, 4) is 11.5 Å². The number of aromatic hydroxyl groups is 1. The molecule has 1 fully saturated rings. The molecule has 6 heteroatoms. The fourth-order valence-corrected chi connectivity index (χ4v) is 4.52. The van der Waals surface area contributed by atoms with Crippen LogP contribution in [-0.4, -0.2) is 47.3 Å². The molecular formula is C30H34N2O4. The van der Waals surface area contributed by atoms with Crippen LogP contribution in [0.15, 0.2) is 84.9 Å². The smallest absolute Gasteiger partial charge is 0.304 e. The Kier molecular flexibility index (Phi) is 8.63. The molecule has 1 unspecified atom stereocenters. The Balaban J connectivity index is 1.24. The standard InChI is InChI=1S/C30H34N2O4/c1-2-3-26(20-30(34)35)25-8-14-29(15-9-25)36-22-24-6-4-23(5-7-24)21-31-16-18-32(19-17-31)27-10-12-28(33)13-11-27/h2-15,26,33H,16-22H2,1H3,(H,34,35). The van der Waals surface area contributed by atoms with E-state index < -0.39 is 5.97 Å². The van der Waals surface area contributed by atoms with Gasteiger partial charge in [0.25, 0.3) is 0 Å². The van der Waals surface area contributed by atoms with Crippen LogP contribution in [0, 0.1) is 0 Å². The van der Waals surface area contributed by atoms with Gasteiger partial charge in [0.1, 0.15) is 18.1 Å². The summed E-state index contributed by atoms with van der Waals surface area (Å²) >= 11 is 0. The van der Waals surface area contributed by atoms with Crippen LogP contribution in [0.4, 0.5) is 5.69 Å². The molecule has 6 nitrogen and oxygen atoms in total. The van der Waals surface area contributed by atoms with Crippen molar-refractivity contribution in [3.63, 3.8) is 0 Å². The summed E-state index contributed by atoms with van der Waals surface area (Å²) in [5.74, 6) is 0.127. The van der Waals surface area contributed by atoms with Crippen LogP contribution in [-0.2, 0) is 17.9 Å². The van der Waals surface area contributed by atoms with Gasteiger partial charge in [-0.15, -0.1) is 0 Å². The highest BCUT2D eigenvalue weighted by atomic mass is 16.5. The minimum absolute atomic E-state index is 0.0744. The van der Waals surface area contributed by atoms with Crippen molar-refractivity contribution >= 4 is 11.7 Å². The molecular weight excluding hydrogens is 452 g/mol. The number of carboxylic acid groups (broad SMARTS) is 1. The first kappa shape index (κ1) is 25.3. The van der Waals surface area contributed by atoms with Crippen molar-refractivity contribution in [2.45, 2.75) is 32.4 Å². The Hall–Kier alpha value is -3.77. The molecule has 3 aromatic rings. The SMILES string of the molecule is CC=CC(CC(=O)O)c1ccc(OCc2ccc(CN3CCN(c4ccc(O)cc4)CC3)cc2)cc1. The molecule has 2 N–H and O–H groups in total. The van der Waals surface area contributed by atoms with Crippen molar-refractivity contribution < 1.29 is 19.7 Å². The summed E-state index contributed by atoms with van der Waals surface area (Å²) in [6.07, 6.45) is 3.88. The lowest BCUT2D eigenvalue weighted by Gasteiger charge is -2.36. The highest BCUT2D eigenvalue weighted by Crippen LogP contribution is 2.25. The molecule has 0 radical (unpaired) electrons. The Morgan fingerprint density at radius 3 is 2.17 bits per heavy atom. The highest BCUT2D eigenvalue weighted by molar-refractivity contribution is 5.68. The first-order chi connectivity index (χ1) is 17.5. The van der Waals surface area contributed by atoms with E-state index in [1.54, 1.807) is 12.1 Å². The summed E-state index contributed by atoms with van der Waals surface area (Å²) in [6, 6.07) is 23.7. The molecule has 0 saturated carbocycles. The largest absolute Gasteiger partial charge is 0.508 e. The van der Waals surface area contributed by atoms with E-state index in [0.717, 1.165) is 55.3 Å². The number of nitrogens with zero attached hydrogens (tertiary/aromatic N) is 2. The molecule has 36 heavy (non-hydrogen) atoms. The fraction of sp³-hybridized carbons (Fsp3) is 0.300. The second-order valence-corrected chi connectivity index (χ2v) is 9.18. The normalized spacial score (nSPS) is 15.2. The number of carboxylic acids is 1. The molecule has 0 spiro atoms. The van der Waals surface area contributed by atoms with Gasteiger partial charge in [0, 0.05) is 44.3 Å². The predicted molar refractivity (Wildman–Crippen MR) is 143 cm³/mol. The third-order valence-electron chi connectivity index (χ3n) is 6.55. The summed E-state index contributed by atoms with van der Waals surface area (Å²) in [7, 11) is 0. The van der Waals surface area contributed by atoms with Gasteiger partial charge < -0.3 is 19.8 Å². The lowest BCUT2D eigenvalue weighted by atomic mass is 9.95. The van der Waals surface area contributed by atoms with E-state index in [1.165, 1.54) is 5.56 Å². The van der Waals surface area contributed by atoms with Crippen molar-refractivity contribution in [1.82, 2.24) is 4.90 Å². The van der Waals surface area contributed by atoms with Gasteiger partial charge in [0.15, 0.2) is 0 Å². The van der Waals surface area contributed by atoms with E-state index in [1.807, 2.05) is 55.5 Å². The van der Waals surface area contributed by atoms with Gasteiger partial charge in [-0.2, -0.15) is 0 Å². The molecule has 0 aliphatic carbocycles. The number of anilines is 1. The van der Waals surface area contributed by atoms with Crippen LogP contribution in [0.3, 0.4) is 0 Å². The van der Waals surface area contributed by atoms with Gasteiger partial charge in [-0.3, -0.25) is 9.69 Å². The summed E-state index contributed by atoms with van der Waals surface area (Å²) in [5.41, 5.74) is 4.52. The summed E-state index contributed by atoms with van der Waals surface area (Å²) in [5, 5.41) is 18.6. The molecule has 1 heterocycles. The molecule has 0 aromatic heterocycles. The van der Waals surface area contributed by atoms with Crippen LogP contribution >= 0.6 is 0 Å². The van der Waals surface area contributed by atoms with Gasteiger partial charge in [0.05, 0.1) is 6.42 Å². The molecule has 1 aliphatic heterocycles. The van der Waals surface area contributed by atoms with Crippen LogP contribution in [0.1, 0.15) is 36.0 Å². The molecule has 0 amide bonds. The number of piperazine rings is 1. The lowest BCUT2D eigenvalue weighted by molar-refractivity contribution is -0.137. The first-order valence-corrected chi connectivity index (χ1v) is 12.4. The predicted octanol–water partition coefficient (Wildman–Crippen LogP) is 5.43. The lowest BCUT2D eigenvalue weighted by Crippen LogP contribution is -2.45. The van der Waals surface area contributed by atoms with Gasteiger partial charge in [-0.05, 0) is 60.0 Å². The van der Waals surface area contributed by atoms with Crippen LogP contribution in [0.2, 0.25) is 0 Å². The molecule has 0 bridgehead atoms. The Morgan fingerprint density at radius 1 is 0.917 bits per heavy atom. The number of hydrogen-bond acceptors (Lipinski definition) is 5. The number of ether oxygens (including phenoxy) is 1. The highest BCUT2D eigenvalue weighted by Gasteiger charge is 2.17. The van der Waals surface area contributed by atoms with Crippen molar-refractivity contribution in [1.29, 1.82) is 0 Å². The van der Waals surface area contributed by atoms with Gasteiger partial charge in [-0.1, -0.05) is 48.6 Å². The van der Waals surface area contributed by atoms with Crippen molar-refractivity contribution in [2.75, 3.05) is 31.1 Å². The van der Waals surface area contributed by atoms with E-state index in [9.17, 15) is 9.90 Å². The van der Waals surface area contributed by atoms with E-state index in [-0.39, 0.29) is 12.3 Å². The number of allylic oxidation sites excluding steroid dienone is 2. The number of phenolic OH excluding ortho intramolecular Hbond substituents is 1. The average molecular weight is 487 g/mol. The number of phenols is 1. The number of rotatable bonds is 10. The Labute approximate surface area is 213 Å². The van der Waals surface area contributed by atoms with E-state index >= 15 is 0 Å². The maximum atomic E-state index is 11.1. The molecule has 3 aromatic carbocycles. The van der Waals surface area contributed by atoms with Crippen molar-refractivity contribution in [3.05, 3.63) is 102 Å². The number of hydrogen-bond donors (Lipinski definition) is 2. The number of benzene rings is 3. The zero-order valence-corrected chi connectivity index (χ0v) is 20.7. The maximum absolute atomic E-state index is 11.1. The molecule has 188 valence electrons. The number of aliphatic carboxylic acids is 1. The molecule has 1 saturated heterocycles. The van der Waals surface area contributed by atoms with Crippen LogP contribution in [0.5, 0.6) is 11.5 Å². The van der Waals surface area contributed by atoms with Gasteiger partial charge in [-0.25, -0.2) is 0 Å². The Morgan fingerprint density at radius 2 is 1.56 bits per heavy atom. The third-order valence-corrected chi connectivity index (χ3v) is 6.55. The van der Waals surface area contributed by atoms with E-state index in [0.29, 0.717) is 12.4 Å². The van der Waals surface area contributed by atoms with Gasteiger partial charge >= 0.3 is 5.97 Å².